The maximum atomic E-state index is 0. The Balaban J connectivity index is 0. The summed E-state index contributed by atoms with van der Waals surface area (Å²) < 4.78 is 0. The van der Waals surface area contributed by atoms with Gasteiger partial charge in [0, 0.05) is 0 Å². The van der Waals surface area contributed by atoms with Crippen molar-refractivity contribution in [2.45, 2.75) is 0 Å². The van der Waals surface area contributed by atoms with E-state index in [9.17, 15) is 0 Å². The molecule has 0 amide bonds. The van der Waals surface area contributed by atoms with Crippen molar-refractivity contribution in [1.29, 1.82) is 0 Å². The van der Waals surface area contributed by atoms with Crippen LogP contribution in [-0.4, -0.2) is 61.6 Å². The van der Waals surface area contributed by atoms with Gasteiger partial charge in [-0.25, -0.2) is 0 Å². The second-order valence-corrected chi connectivity index (χ2v) is 0. The minimum absolute atomic E-state index is 0. The summed E-state index contributed by atoms with van der Waals surface area (Å²) >= 11 is 0. The first kappa shape index (κ1) is 32.2. The van der Waals surface area contributed by atoms with Gasteiger partial charge in [-0.15, -0.1) is 0 Å². The van der Waals surface area contributed by atoms with Crippen LogP contribution in [0.3, 0.4) is 0 Å². The predicted molar refractivity (Wildman–Crippen MR) is 40.9 cm³/mol. The van der Waals surface area contributed by atoms with Gasteiger partial charge in [0.2, 0.25) is 0 Å². The fourth-order valence-electron chi connectivity index (χ4n) is 0. The molecule has 0 radical (unpaired) electrons. The normalized spacial score (nSPS) is 0. The Kier molecular flexibility index (Phi) is 146. The van der Waals surface area contributed by atoms with E-state index in [0.717, 1.165) is 0 Å². The van der Waals surface area contributed by atoms with E-state index in [-0.39, 0.29) is 71.5 Å². The molecule has 0 bridgehead atoms. The van der Waals surface area contributed by atoms with Crippen LogP contribution < -0.4 is 0 Å². The summed E-state index contributed by atoms with van der Waals surface area (Å²) in [6.07, 6.45) is 0. The fourth-order valence-corrected chi connectivity index (χ4v) is 0. The fraction of sp³-hybridized carbons (Fsp3) is 0. The summed E-state index contributed by atoms with van der Waals surface area (Å²) in [7, 11) is 0. The molecular formula is H12AlGaPSb. The summed E-state index contributed by atoms with van der Waals surface area (Å²) in [5, 5.41) is 0. The van der Waals surface area contributed by atoms with Crippen LogP contribution in [-0.2, 0) is 0 Å². The Hall–Kier alpha value is 2.42. The van der Waals surface area contributed by atoms with Crippen molar-refractivity contribution in [2.24, 2.45) is 0 Å². The molecule has 4 heavy (non-hydrogen) atoms. The summed E-state index contributed by atoms with van der Waals surface area (Å²) in [4.78, 5) is 0. The molecule has 0 aromatic heterocycles. The van der Waals surface area contributed by atoms with Gasteiger partial charge in [0.05, 0.1) is 0 Å². The zero-order valence-corrected chi connectivity index (χ0v) is 6.86. The third kappa shape index (κ3) is 8.83. The summed E-state index contributed by atoms with van der Waals surface area (Å²) in [6.45, 7) is 0. The molecule has 0 aromatic rings. The molecule has 4 heteroatoms. The topological polar surface area (TPSA) is 0 Å². The molecule has 1 unspecified atom stereocenters. The van der Waals surface area contributed by atoms with Gasteiger partial charge in [0.15, 0.2) is 17.4 Å². The van der Waals surface area contributed by atoms with Crippen LogP contribution >= 0.6 is 9.90 Å². The number of hydrogen-bond acceptors (Lipinski definition) is 0. The van der Waals surface area contributed by atoms with Crippen LogP contribution in [0.1, 0.15) is 0 Å². The molecule has 0 aliphatic carbocycles. The second-order valence-electron chi connectivity index (χ2n) is 0. The molecule has 0 nitrogen and oxygen atoms in total. The van der Waals surface area contributed by atoms with Crippen LogP contribution in [0.5, 0.6) is 0 Å². The van der Waals surface area contributed by atoms with Gasteiger partial charge in [0.1, 0.15) is 0 Å². The number of hydrogen-bond donors (Lipinski definition) is 0. The molecule has 0 rings (SSSR count). The van der Waals surface area contributed by atoms with Gasteiger partial charge in [-0.05, 0) is 0 Å². The summed E-state index contributed by atoms with van der Waals surface area (Å²) in [5.74, 6) is 0. The third-order valence-corrected chi connectivity index (χ3v) is 0. The molecule has 28 valence electrons. The molecule has 0 heterocycles. The average molecular weight is 262 g/mol. The van der Waals surface area contributed by atoms with E-state index in [1.54, 1.807) is 0 Å². The Labute approximate surface area is 70.7 Å². The van der Waals surface area contributed by atoms with Crippen molar-refractivity contribution in [2.75, 3.05) is 0 Å². The molecule has 0 aliphatic heterocycles. The monoisotopic (exact) mass is 260 g/mol. The van der Waals surface area contributed by atoms with E-state index in [0.29, 0.717) is 0 Å². The van der Waals surface area contributed by atoms with Crippen LogP contribution in [0.2, 0.25) is 0 Å². The van der Waals surface area contributed by atoms with E-state index in [1.807, 2.05) is 0 Å². The van der Waals surface area contributed by atoms with Crippen LogP contribution in [0.15, 0.2) is 0 Å². The van der Waals surface area contributed by atoms with Gasteiger partial charge in [-0.3, -0.25) is 0 Å². The molecular weight excluding hydrogens is 249 g/mol. The predicted octanol–water partition coefficient (Wildman–Crippen LogP) is -3.49. The quantitative estimate of drug-likeness (QED) is 0.314. The summed E-state index contributed by atoms with van der Waals surface area (Å²) in [5.41, 5.74) is 0. The van der Waals surface area contributed by atoms with Gasteiger partial charge in [-0.1, -0.05) is 0 Å². The molecule has 0 saturated heterocycles. The van der Waals surface area contributed by atoms with E-state index in [4.69, 9.17) is 0 Å². The van der Waals surface area contributed by atoms with Crippen molar-refractivity contribution in [1.82, 2.24) is 0 Å². The van der Waals surface area contributed by atoms with Crippen molar-refractivity contribution in [3.63, 3.8) is 0 Å². The second kappa shape index (κ2) is 18.1. The van der Waals surface area contributed by atoms with E-state index >= 15 is 0 Å². The molecule has 1 atom stereocenters. The van der Waals surface area contributed by atoms with E-state index in [2.05, 4.69) is 0 Å². The first-order chi connectivity index (χ1) is 0. The van der Waals surface area contributed by atoms with Gasteiger partial charge in [0.25, 0.3) is 0 Å². The third-order valence-electron chi connectivity index (χ3n) is 0. The molecule has 0 fully saturated rings. The van der Waals surface area contributed by atoms with Crippen LogP contribution in [0, 0.1) is 0 Å². The standard InChI is InChI=1S/Al.Ga.H3P.Sb.9H/h;;1H3;;;;;;;;;;. The van der Waals surface area contributed by atoms with Crippen molar-refractivity contribution >= 4 is 71.5 Å². The number of rotatable bonds is 0. The SMILES string of the molecule is P.[AlH3].[GaH3].[SbH3]. The Morgan fingerprint density at radius 2 is 1.00 bits per heavy atom. The first-order valence-electron chi connectivity index (χ1n) is 0. The first-order valence-corrected chi connectivity index (χ1v) is 0. The van der Waals surface area contributed by atoms with Crippen LogP contribution in [0.25, 0.3) is 0 Å². The van der Waals surface area contributed by atoms with Crippen molar-refractivity contribution < 1.29 is 0 Å². The maximum absolute atomic E-state index is 0. The van der Waals surface area contributed by atoms with E-state index in [1.165, 1.54) is 0 Å². The molecule has 0 saturated carbocycles. The Morgan fingerprint density at radius 1 is 1.00 bits per heavy atom. The molecule has 0 aromatic carbocycles. The van der Waals surface area contributed by atoms with Crippen molar-refractivity contribution in [3.8, 4) is 0 Å². The minimum atomic E-state index is 0. The van der Waals surface area contributed by atoms with Crippen LogP contribution in [0.4, 0.5) is 0 Å². The molecule has 0 N–H and O–H groups in total. The zero-order chi connectivity index (χ0) is 0. The van der Waals surface area contributed by atoms with Crippen molar-refractivity contribution in [3.05, 3.63) is 0 Å². The van der Waals surface area contributed by atoms with Gasteiger partial charge < -0.3 is 0 Å². The Morgan fingerprint density at radius 3 is 1.00 bits per heavy atom. The van der Waals surface area contributed by atoms with Gasteiger partial charge >= 0.3 is 44.2 Å². The summed E-state index contributed by atoms with van der Waals surface area (Å²) in [6, 6.07) is 0. The zero-order valence-electron chi connectivity index (χ0n) is 1.41. The molecule has 0 aliphatic rings. The molecule has 0 spiro atoms. The Bertz CT molecular complexity index is 8.00. The van der Waals surface area contributed by atoms with Gasteiger partial charge in [-0.2, -0.15) is 9.90 Å². The van der Waals surface area contributed by atoms with E-state index < -0.39 is 0 Å². The average Bonchev–Trinajstić information content (AvgIpc) is 0.